The molecule has 3 atom stereocenters. The Morgan fingerprint density at radius 1 is 1.13 bits per heavy atom. The van der Waals surface area contributed by atoms with Gasteiger partial charge in [-0.05, 0) is 66.5 Å². The Hall–Kier alpha value is -2.39. The van der Waals surface area contributed by atoms with Crippen LogP contribution in [0, 0.1) is 23.2 Å². The first-order chi connectivity index (χ1) is 15.3. The van der Waals surface area contributed by atoms with Crippen molar-refractivity contribution < 1.29 is 9.47 Å². The maximum Gasteiger partial charge on any atom is 0.122 e. The Morgan fingerprint density at radius 2 is 2.00 bits per heavy atom. The van der Waals surface area contributed by atoms with E-state index in [2.05, 4.69) is 53.5 Å². The lowest BCUT2D eigenvalue weighted by molar-refractivity contribution is -0.0628. The zero-order valence-corrected chi connectivity index (χ0v) is 18.5. The highest BCUT2D eigenvalue weighted by atomic mass is 32.1. The van der Waals surface area contributed by atoms with E-state index < -0.39 is 0 Å². The fourth-order valence-electron chi connectivity index (χ4n) is 4.73. The number of rotatable bonds is 7. The maximum atomic E-state index is 8.99. The minimum atomic E-state index is 0.457. The van der Waals surface area contributed by atoms with Crippen molar-refractivity contribution in [1.82, 2.24) is 4.90 Å². The van der Waals surface area contributed by atoms with Gasteiger partial charge in [-0.25, -0.2) is 0 Å². The molecule has 0 spiro atoms. The molecule has 3 heterocycles. The zero-order valence-electron chi connectivity index (χ0n) is 17.7. The summed E-state index contributed by atoms with van der Waals surface area (Å²) in [5.74, 6) is 2.05. The van der Waals surface area contributed by atoms with Gasteiger partial charge in [0.25, 0.3) is 0 Å². The summed E-state index contributed by atoms with van der Waals surface area (Å²) in [4.78, 5) is 4.40. The van der Waals surface area contributed by atoms with E-state index in [0.29, 0.717) is 24.5 Å². The molecule has 160 valence electrons. The average Bonchev–Trinajstić information content (AvgIpc) is 3.24. The Kier molecular flexibility index (Phi) is 6.22. The van der Waals surface area contributed by atoms with Gasteiger partial charge in [0.1, 0.15) is 23.3 Å². The van der Waals surface area contributed by atoms with E-state index in [4.69, 9.17) is 14.7 Å². The van der Waals surface area contributed by atoms with Crippen molar-refractivity contribution in [2.45, 2.75) is 38.5 Å². The second-order valence-corrected chi connectivity index (χ2v) is 9.87. The molecule has 5 rings (SSSR count). The van der Waals surface area contributed by atoms with Crippen molar-refractivity contribution >= 4 is 11.3 Å². The number of fused-ring (bicyclic) bond motifs is 1. The summed E-state index contributed by atoms with van der Waals surface area (Å²) in [5, 5.41) is 8.99. The van der Waals surface area contributed by atoms with Crippen LogP contribution in [-0.2, 0) is 24.3 Å². The van der Waals surface area contributed by atoms with E-state index >= 15 is 0 Å². The summed E-state index contributed by atoms with van der Waals surface area (Å²) in [6.45, 7) is 4.62. The molecule has 2 unspecified atom stereocenters. The van der Waals surface area contributed by atoms with Crippen LogP contribution in [0.3, 0.4) is 0 Å². The van der Waals surface area contributed by atoms with Crippen LogP contribution in [0.4, 0.5) is 0 Å². The molecule has 0 N–H and O–H groups in total. The molecule has 1 fully saturated rings. The fraction of sp³-hybridized carbons (Fsp3) is 0.423. The van der Waals surface area contributed by atoms with Crippen molar-refractivity contribution in [3.63, 3.8) is 0 Å². The summed E-state index contributed by atoms with van der Waals surface area (Å²) in [7, 11) is 0. The SMILES string of the molecule is N#Cc1ccc(COc2ccc3c(c2)CN(CC2C=CC=C[C@@H]2CC2CCO2)CC3)s1. The summed E-state index contributed by atoms with van der Waals surface area (Å²) >= 11 is 1.50. The van der Waals surface area contributed by atoms with Crippen molar-refractivity contribution in [2.24, 2.45) is 11.8 Å². The van der Waals surface area contributed by atoms with Gasteiger partial charge >= 0.3 is 0 Å². The minimum Gasteiger partial charge on any atom is -0.488 e. The number of benzene rings is 1. The molecule has 0 radical (unpaired) electrons. The van der Waals surface area contributed by atoms with Gasteiger partial charge in [-0.15, -0.1) is 11.3 Å². The van der Waals surface area contributed by atoms with E-state index in [1.165, 1.54) is 28.9 Å². The topological polar surface area (TPSA) is 45.5 Å². The summed E-state index contributed by atoms with van der Waals surface area (Å²) < 4.78 is 11.7. The Labute approximate surface area is 188 Å². The second-order valence-electron chi connectivity index (χ2n) is 8.70. The van der Waals surface area contributed by atoms with Crippen LogP contribution >= 0.6 is 11.3 Å². The third-order valence-electron chi connectivity index (χ3n) is 6.60. The number of hydrogen-bond donors (Lipinski definition) is 0. The molecule has 0 saturated carbocycles. The smallest absolute Gasteiger partial charge is 0.122 e. The molecule has 4 nitrogen and oxygen atoms in total. The van der Waals surface area contributed by atoms with E-state index in [0.717, 1.165) is 54.6 Å². The lowest BCUT2D eigenvalue weighted by Crippen LogP contribution is -2.38. The predicted molar refractivity (Wildman–Crippen MR) is 123 cm³/mol. The molecule has 2 aliphatic heterocycles. The van der Waals surface area contributed by atoms with E-state index in [1.54, 1.807) is 0 Å². The number of nitriles is 1. The molecular formula is C26H28N2O2S. The number of ether oxygens (including phenoxy) is 2. The van der Waals surface area contributed by atoms with Crippen LogP contribution in [0.1, 0.15) is 33.7 Å². The Balaban J connectivity index is 1.20. The van der Waals surface area contributed by atoms with Crippen LogP contribution < -0.4 is 4.74 Å². The molecule has 3 aliphatic rings. The van der Waals surface area contributed by atoms with Gasteiger partial charge in [0.15, 0.2) is 0 Å². The van der Waals surface area contributed by atoms with Crippen molar-refractivity contribution in [3.8, 4) is 11.8 Å². The average molecular weight is 433 g/mol. The molecule has 0 bridgehead atoms. The normalized spacial score (nSPS) is 24.9. The highest BCUT2D eigenvalue weighted by molar-refractivity contribution is 7.12. The lowest BCUT2D eigenvalue weighted by atomic mass is 9.82. The van der Waals surface area contributed by atoms with Gasteiger partial charge < -0.3 is 9.47 Å². The Bertz CT molecular complexity index is 1010. The molecule has 5 heteroatoms. The second kappa shape index (κ2) is 9.40. The van der Waals surface area contributed by atoms with E-state index in [1.807, 2.05) is 12.1 Å². The van der Waals surface area contributed by atoms with Crippen LogP contribution in [0.15, 0.2) is 54.6 Å². The number of thiophene rings is 1. The van der Waals surface area contributed by atoms with Crippen LogP contribution in [0.25, 0.3) is 0 Å². The van der Waals surface area contributed by atoms with Crippen molar-refractivity contribution in [2.75, 3.05) is 19.7 Å². The Morgan fingerprint density at radius 3 is 2.77 bits per heavy atom. The monoisotopic (exact) mass is 432 g/mol. The fourth-order valence-corrected chi connectivity index (χ4v) is 5.45. The van der Waals surface area contributed by atoms with Gasteiger partial charge in [0.2, 0.25) is 0 Å². The van der Waals surface area contributed by atoms with Gasteiger partial charge in [-0.3, -0.25) is 4.90 Å². The molecule has 31 heavy (non-hydrogen) atoms. The number of nitrogens with zero attached hydrogens (tertiary/aromatic N) is 2. The first-order valence-electron chi connectivity index (χ1n) is 11.2. The minimum absolute atomic E-state index is 0.457. The number of hydrogen-bond acceptors (Lipinski definition) is 5. The van der Waals surface area contributed by atoms with Gasteiger partial charge in [0, 0.05) is 31.1 Å². The summed E-state index contributed by atoms with van der Waals surface area (Å²) in [6, 6.07) is 12.5. The largest absolute Gasteiger partial charge is 0.488 e. The predicted octanol–water partition coefficient (Wildman–Crippen LogP) is 5.09. The standard InChI is InChI=1S/C26H28N2O2S/c27-15-25-7-8-26(31-25)18-30-23-6-5-19-9-11-28(17-22(19)14-23)16-21-4-2-1-3-20(21)13-24-10-12-29-24/h1-8,14,20-21,24H,9-13,16-18H2/t20-,21?,24?/m1/s1. The molecule has 0 amide bonds. The molecule has 1 saturated heterocycles. The van der Waals surface area contributed by atoms with Crippen LogP contribution in [-0.4, -0.2) is 30.7 Å². The van der Waals surface area contributed by atoms with Crippen LogP contribution in [0.2, 0.25) is 0 Å². The third-order valence-corrected chi connectivity index (χ3v) is 7.56. The van der Waals surface area contributed by atoms with Gasteiger partial charge in [-0.1, -0.05) is 30.4 Å². The van der Waals surface area contributed by atoms with Gasteiger partial charge in [0.05, 0.1) is 6.10 Å². The zero-order chi connectivity index (χ0) is 21.0. The highest BCUT2D eigenvalue weighted by Crippen LogP contribution is 2.31. The molecular weight excluding hydrogens is 404 g/mol. The van der Waals surface area contributed by atoms with Gasteiger partial charge in [-0.2, -0.15) is 5.26 Å². The molecule has 2 aromatic rings. The van der Waals surface area contributed by atoms with Crippen LogP contribution in [0.5, 0.6) is 5.75 Å². The van der Waals surface area contributed by atoms with Crippen molar-refractivity contribution in [3.05, 3.63) is 75.5 Å². The maximum absolute atomic E-state index is 8.99. The summed E-state index contributed by atoms with van der Waals surface area (Å²) in [5.41, 5.74) is 2.81. The third kappa shape index (κ3) is 4.93. The van der Waals surface area contributed by atoms with E-state index in [-0.39, 0.29) is 0 Å². The van der Waals surface area contributed by atoms with Crippen molar-refractivity contribution in [1.29, 1.82) is 5.26 Å². The quantitative estimate of drug-likeness (QED) is 0.611. The highest BCUT2D eigenvalue weighted by Gasteiger charge is 2.28. The van der Waals surface area contributed by atoms with E-state index in [9.17, 15) is 0 Å². The first-order valence-corrected chi connectivity index (χ1v) is 12.0. The molecule has 1 aromatic heterocycles. The molecule has 1 aromatic carbocycles. The molecule has 1 aliphatic carbocycles. The number of allylic oxidation sites excluding steroid dienone is 3. The lowest BCUT2D eigenvalue weighted by Gasteiger charge is -2.36. The first kappa shape index (κ1) is 20.5. The summed E-state index contributed by atoms with van der Waals surface area (Å²) in [6.07, 6.45) is 13.1.